The number of rotatable bonds is 8. The lowest BCUT2D eigenvalue weighted by Crippen LogP contribution is -2.35. The molecule has 3 aromatic heterocycles. The Morgan fingerprint density at radius 2 is 1.95 bits per heavy atom. The molecule has 2 aliphatic rings. The number of aromatic nitrogens is 5. The molecule has 5 heterocycles. The summed E-state index contributed by atoms with van der Waals surface area (Å²) in [6.07, 6.45) is 3.07. The van der Waals surface area contributed by atoms with Crippen LogP contribution in [0.1, 0.15) is 48.0 Å². The van der Waals surface area contributed by atoms with Gasteiger partial charge in [0.05, 0.1) is 19.2 Å². The number of pyridine rings is 1. The van der Waals surface area contributed by atoms with Gasteiger partial charge in [-0.25, -0.2) is 14.4 Å². The first-order valence-corrected chi connectivity index (χ1v) is 13.4. The van der Waals surface area contributed by atoms with E-state index in [1.807, 2.05) is 18.2 Å². The lowest BCUT2D eigenvalue weighted by atomic mass is 9.93. The van der Waals surface area contributed by atoms with Crippen LogP contribution in [0.5, 0.6) is 5.88 Å². The van der Waals surface area contributed by atoms with Gasteiger partial charge in [-0.15, -0.1) is 10.2 Å². The van der Waals surface area contributed by atoms with Gasteiger partial charge in [-0.2, -0.15) is 5.26 Å². The van der Waals surface area contributed by atoms with E-state index in [1.54, 1.807) is 24.3 Å². The van der Waals surface area contributed by atoms with Gasteiger partial charge in [-0.1, -0.05) is 23.7 Å². The van der Waals surface area contributed by atoms with Crippen LogP contribution in [0.25, 0.3) is 11.2 Å². The van der Waals surface area contributed by atoms with Gasteiger partial charge in [-0.3, -0.25) is 4.90 Å². The van der Waals surface area contributed by atoms with E-state index in [0.717, 1.165) is 50.5 Å². The van der Waals surface area contributed by atoms with Crippen molar-refractivity contribution in [2.24, 2.45) is 0 Å². The van der Waals surface area contributed by atoms with Crippen molar-refractivity contribution in [1.82, 2.24) is 29.6 Å². The molecular formula is C28H27ClFN7O2. The average Bonchev–Trinajstić information content (AvgIpc) is 3.26. The summed E-state index contributed by atoms with van der Waals surface area (Å²) >= 11 is 5.84. The molecule has 2 saturated heterocycles. The Hall–Kier alpha value is -3.65. The molecule has 0 amide bonds. The van der Waals surface area contributed by atoms with Crippen molar-refractivity contribution in [2.75, 3.05) is 19.7 Å². The highest BCUT2D eigenvalue weighted by Crippen LogP contribution is 2.29. The number of ether oxygens (including phenoxy) is 2. The maximum atomic E-state index is 14.1. The van der Waals surface area contributed by atoms with Crippen LogP contribution in [0.3, 0.4) is 0 Å². The smallest absolute Gasteiger partial charge is 0.213 e. The summed E-state index contributed by atoms with van der Waals surface area (Å²) in [4.78, 5) is 11.9. The number of likely N-dealkylation sites (tertiary alicyclic amines) is 1. The monoisotopic (exact) mass is 547 g/mol. The Labute approximate surface area is 230 Å². The van der Waals surface area contributed by atoms with E-state index in [2.05, 4.69) is 19.7 Å². The quantitative estimate of drug-likeness (QED) is 0.314. The predicted octanol–water partition coefficient (Wildman–Crippen LogP) is 4.63. The van der Waals surface area contributed by atoms with Gasteiger partial charge in [0.25, 0.3) is 0 Å². The maximum absolute atomic E-state index is 14.1. The molecule has 39 heavy (non-hydrogen) atoms. The van der Waals surface area contributed by atoms with Gasteiger partial charge in [0.1, 0.15) is 29.8 Å². The largest absolute Gasteiger partial charge is 0.473 e. The third kappa shape index (κ3) is 5.71. The van der Waals surface area contributed by atoms with Crippen molar-refractivity contribution >= 4 is 22.8 Å². The fourth-order valence-electron chi connectivity index (χ4n) is 5.09. The molecule has 0 unspecified atom stereocenters. The van der Waals surface area contributed by atoms with Crippen LogP contribution in [0.15, 0.2) is 42.5 Å². The molecule has 0 saturated carbocycles. The highest BCUT2D eigenvalue weighted by molar-refractivity contribution is 6.30. The third-order valence-corrected chi connectivity index (χ3v) is 7.61. The van der Waals surface area contributed by atoms with Crippen molar-refractivity contribution in [3.8, 4) is 11.9 Å². The summed E-state index contributed by atoms with van der Waals surface area (Å²) in [6, 6.07) is 14.0. The Balaban J connectivity index is 1.10. The number of halogens is 2. The molecule has 0 spiro atoms. The van der Waals surface area contributed by atoms with E-state index in [4.69, 9.17) is 31.0 Å². The van der Waals surface area contributed by atoms with Crippen LogP contribution >= 0.6 is 11.6 Å². The van der Waals surface area contributed by atoms with Gasteiger partial charge >= 0.3 is 0 Å². The molecule has 11 heteroatoms. The number of piperidine rings is 1. The van der Waals surface area contributed by atoms with E-state index in [-0.39, 0.29) is 18.4 Å². The molecule has 0 aliphatic carbocycles. The molecule has 200 valence electrons. The highest BCUT2D eigenvalue weighted by Gasteiger charge is 2.26. The Morgan fingerprint density at radius 3 is 2.69 bits per heavy atom. The summed E-state index contributed by atoms with van der Waals surface area (Å²) in [5.74, 6) is 1.31. The summed E-state index contributed by atoms with van der Waals surface area (Å²) in [6.45, 7) is 4.02. The number of benzene rings is 1. The molecule has 0 bridgehead atoms. The van der Waals surface area contributed by atoms with Crippen LogP contribution < -0.4 is 4.74 Å². The lowest BCUT2D eigenvalue weighted by Gasteiger charge is -2.32. The summed E-state index contributed by atoms with van der Waals surface area (Å²) in [7, 11) is 0. The highest BCUT2D eigenvalue weighted by atomic mass is 35.5. The molecule has 1 aromatic carbocycles. The fraction of sp³-hybridized carbons (Fsp3) is 0.393. The number of nitrogens with zero attached hydrogens (tertiary/aromatic N) is 7. The molecule has 6 rings (SSSR count). The number of hydrogen-bond acceptors (Lipinski definition) is 8. The number of nitriles is 1. The second-order valence-corrected chi connectivity index (χ2v) is 10.4. The zero-order chi connectivity index (χ0) is 26.8. The van der Waals surface area contributed by atoms with Crippen molar-refractivity contribution in [3.05, 3.63) is 76.1 Å². The van der Waals surface area contributed by atoms with E-state index < -0.39 is 5.82 Å². The van der Waals surface area contributed by atoms with Crippen molar-refractivity contribution in [2.45, 2.75) is 51.0 Å². The topological polar surface area (TPSA) is 102 Å². The standard InChI is InChI=1S/C28H27ClFN7O2/c29-20-5-4-19(23(30)12-20)17-39-27-3-1-2-24(33-27)18-6-9-36(10-7-18)16-26-32-25-13-21(14-31)34-35-28(25)37(26)15-22-8-11-38-22/h1-5,12-13,18,22H,6-11,15-17H2/t22-/m0/s1. The van der Waals surface area contributed by atoms with E-state index in [9.17, 15) is 9.65 Å². The lowest BCUT2D eigenvalue weighted by molar-refractivity contribution is -0.0593. The van der Waals surface area contributed by atoms with Crippen molar-refractivity contribution < 1.29 is 13.9 Å². The fourth-order valence-corrected chi connectivity index (χ4v) is 5.25. The maximum Gasteiger partial charge on any atom is 0.213 e. The second kappa shape index (κ2) is 11.2. The van der Waals surface area contributed by atoms with E-state index in [1.165, 1.54) is 6.07 Å². The zero-order valence-electron chi connectivity index (χ0n) is 21.3. The van der Waals surface area contributed by atoms with Crippen LogP contribution in [-0.4, -0.2) is 55.4 Å². The van der Waals surface area contributed by atoms with Gasteiger partial charge < -0.3 is 14.0 Å². The molecular weight excluding hydrogens is 521 g/mol. The van der Waals surface area contributed by atoms with Crippen LogP contribution in [0.2, 0.25) is 5.02 Å². The minimum absolute atomic E-state index is 0.0883. The predicted molar refractivity (Wildman–Crippen MR) is 142 cm³/mol. The van der Waals surface area contributed by atoms with Crippen LogP contribution in [-0.2, 0) is 24.4 Å². The van der Waals surface area contributed by atoms with Crippen molar-refractivity contribution in [1.29, 1.82) is 5.26 Å². The number of imidazole rings is 1. The molecule has 4 aromatic rings. The van der Waals surface area contributed by atoms with Gasteiger partial charge in [-0.05, 0) is 50.6 Å². The Morgan fingerprint density at radius 1 is 1.10 bits per heavy atom. The average molecular weight is 548 g/mol. The first-order chi connectivity index (χ1) is 19.1. The van der Waals surface area contributed by atoms with Gasteiger partial charge in [0.15, 0.2) is 11.3 Å². The van der Waals surface area contributed by atoms with Crippen LogP contribution in [0.4, 0.5) is 4.39 Å². The molecule has 0 radical (unpaired) electrons. The minimum Gasteiger partial charge on any atom is -0.473 e. The SMILES string of the molecule is N#Cc1cc2nc(CN3CCC(c4cccc(OCc5ccc(Cl)cc5F)n4)CC3)n(C[C@@H]3CCO3)c2nn1. The Kier molecular flexibility index (Phi) is 7.37. The molecule has 1 atom stereocenters. The molecule has 2 aliphatic heterocycles. The van der Waals surface area contributed by atoms with E-state index in [0.29, 0.717) is 46.6 Å². The molecule has 0 N–H and O–H groups in total. The number of hydrogen-bond donors (Lipinski definition) is 0. The summed E-state index contributed by atoms with van der Waals surface area (Å²) < 4.78 is 27.6. The van der Waals surface area contributed by atoms with Crippen molar-refractivity contribution in [3.63, 3.8) is 0 Å². The second-order valence-electron chi connectivity index (χ2n) is 9.95. The van der Waals surface area contributed by atoms with Crippen LogP contribution in [0, 0.1) is 17.1 Å². The summed E-state index contributed by atoms with van der Waals surface area (Å²) in [5, 5.41) is 17.9. The third-order valence-electron chi connectivity index (χ3n) is 7.37. The molecule has 2 fully saturated rings. The zero-order valence-corrected chi connectivity index (χ0v) is 22.0. The first-order valence-electron chi connectivity index (χ1n) is 13.1. The van der Waals surface area contributed by atoms with E-state index >= 15 is 0 Å². The first kappa shape index (κ1) is 25.6. The summed E-state index contributed by atoms with van der Waals surface area (Å²) in [5.41, 5.74) is 3.05. The minimum atomic E-state index is -0.391. The Bertz CT molecular complexity index is 1530. The normalized spacial score (nSPS) is 18.1. The number of fused-ring (bicyclic) bond motifs is 1. The van der Waals surface area contributed by atoms with Gasteiger partial charge in [0.2, 0.25) is 5.88 Å². The van der Waals surface area contributed by atoms with Gasteiger partial charge in [0, 0.05) is 40.9 Å². The molecule has 9 nitrogen and oxygen atoms in total.